The zero-order chi connectivity index (χ0) is 18.7. The Hall–Kier alpha value is -3.64. The summed E-state index contributed by atoms with van der Waals surface area (Å²) >= 11 is 0. The van der Waals surface area contributed by atoms with Crippen LogP contribution in [-0.2, 0) is 6.54 Å². The van der Waals surface area contributed by atoms with Crippen molar-refractivity contribution in [3.8, 4) is 23.4 Å². The summed E-state index contributed by atoms with van der Waals surface area (Å²) in [5.74, 6) is 0. The molecule has 0 N–H and O–H groups in total. The van der Waals surface area contributed by atoms with Gasteiger partial charge in [-0.1, -0.05) is 35.5 Å². The number of benzene rings is 2. The zero-order valence-electron chi connectivity index (χ0n) is 14.9. The minimum Gasteiger partial charge on any atom is -0.376 e. The summed E-state index contributed by atoms with van der Waals surface area (Å²) in [6.07, 6.45) is 1.83. The first-order valence-electron chi connectivity index (χ1n) is 8.14. The van der Waals surface area contributed by atoms with Crippen molar-refractivity contribution in [1.29, 1.82) is 10.5 Å². The highest BCUT2D eigenvalue weighted by atomic mass is 15.4. The zero-order valence-corrected chi connectivity index (χ0v) is 14.9. The van der Waals surface area contributed by atoms with Gasteiger partial charge in [-0.25, -0.2) is 4.68 Å². The van der Waals surface area contributed by atoms with Crippen LogP contribution in [0.1, 0.15) is 22.3 Å². The van der Waals surface area contributed by atoms with Crippen LogP contribution in [0.5, 0.6) is 0 Å². The fraction of sp³-hybridized carbons (Fsp3) is 0.200. The van der Waals surface area contributed by atoms with E-state index in [1.54, 1.807) is 15.6 Å². The van der Waals surface area contributed by atoms with Crippen LogP contribution in [0.4, 0.5) is 5.69 Å². The van der Waals surface area contributed by atoms with Gasteiger partial charge in [-0.05, 0) is 24.1 Å². The van der Waals surface area contributed by atoms with Crippen LogP contribution in [0.25, 0.3) is 11.3 Å². The maximum Gasteiger partial charge on any atom is 0.114 e. The van der Waals surface area contributed by atoms with E-state index >= 15 is 0 Å². The van der Waals surface area contributed by atoms with E-state index in [1.807, 2.05) is 57.5 Å². The van der Waals surface area contributed by atoms with E-state index in [-0.39, 0.29) is 0 Å². The second-order valence-electron chi connectivity index (χ2n) is 6.24. The van der Waals surface area contributed by atoms with Crippen molar-refractivity contribution in [2.45, 2.75) is 13.5 Å². The molecule has 0 saturated heterocycles. The van der Waals surface area contributed by atoms with E-state index in [9.17, 15) is 10.5 Å². The first kappa shape index (κ1) is 17.2. The molecule has 0 radical (unpaired) electrons. The first-order valence-corrected chi connectivity index (χ1v) is 8.14. The number of rotatable bonds is 4. The van der Waals surface area contributed by atoms with Gasteiger partial charge in [0.2, 0.25) is 0 Å². The Kier molecular flexibility index (Phi) is 4.68. The molecule has 0 amide bonds. The van der Waals surface area contributed by atoms with Gasteiger partial charge in [-0.2, -0.15) is 10.5 Å². The van der Waals surface area contributed by atoms with Gasteiger partial charge in [0, 0.05) is 19.7 Å². The molecule has 0 saturated carbocycles. The van der Waals surface area contributed by atoms with E-state index in [0.717, 1.165) is 16.7 Å². The van der Waals surface area contributed by atoms with E-state index in [2.05, 4.69) is 22.5 Å². The molecule has 0 unspecified atom stereocenters. The van der Waals surface area contributed by atoms with Gasteiger partial charge in [-0.15, -0.1) is 5.10 Å². The molecule has 1 aromatic heterocycles. The van der Waals surface area contributed by atoms with Crippen molar-refractivity contribution in [2.75, 3.05) is 19.0 Å². The van der Waals surface area contributed by atoms with Gasteiger partial charge in [0.25, 0.3) is 0 Å². The van der Waals surface area contributed by atoms with Crippen molar-refractivity contribution in [3.05, 3.63) is 64.8 Å². The molecular weight excluding hydrogens is 324 g/mol. The van der Waals surface area contributed by atoms with E-state index in [1.165, 1.54) is 0 Å². The summed E-state index contributed by atoms with van der Waals surface area (Å²) in [6.45, 7) is 2.48. The maximum atomic E-state index is 9.75. The third-order valence-corrected chi connectivity index (χ3v) is 4.16. The second kappa shape index (κ2) is 7.08. The number of hydrogen-bond donors (Lipinski definition) is 0. The second-order valence-corrected chi connectivity index (χ2v) is 6.24. The van der Waals surface area contributed by atoms with Crippen LogP contribution in [0.3, 0.4) is 0 Å². The molecule has 0 aliphatic heterocycles. The van der Waals surface area contributed by atoms with Crippen LogP contribution in [0, 0.1) is 29.6 Å². The quantitative estimate of drug-likeness (QED) is 0.727. The fourth-order valence-electron chi connectivity index (χ4n) is 3.06. The van der Waals surface area contributed by atoms with Gasteiger partial charge < -0.3 is 4.90 Å². The van der Waals surface area contributed by atoms with Gasteiger partial charge in [-0.3, -0.25) is 0 Å². The van der Waals surface area contributed by atoms with Gasteiger partial charge >= 0.3 is 0 Å². The Morgan fingerprint density at radius 3 is 2.46 bits per heavy atom. The van der Waals surface area contributed by atoms with E-state index in [0.29, 0.717) is 29.1 Å². The summed E-state index contributed by atoms with van der Waals surface area (Å²) in [4.78, 5) is 1.79. The third-order valence-electron chi connectivity index (χ3n) is 4.16. The molecule has 0 bridgehead atoms. The predicted molar refractivity (Wildman–Crippen MR) is 99.5 cm³/mol. The Morgan fingerprint density at radius 1 is 1.12 bits per heavy atom. The lowest BCUT2D eigenvalue weighted by molar-refractivity contribution is 0.650. The van der Waals surface area contributed by atoms with Gasteiger partial charge in [0.1, 0.15) is 17.8 Å². The van der Waals surface area contributed by atoms with Crippen LogP contribution in [0.15, 0.2) is 42.6 Å². The number of nitrogens with zero attached hydrogens (tertiary/aromatic N) is 6. The lowest BCUT2D eigenvalue weighted by Crippen LogP contribution is -2.13. The predicted octanol–water partition coefficient (Wildman–Crippen LogP) is 3.11. The van der Waals surface area contributed by atoms with Crippen molar-refractivity contribution < 1.29 is 0 Å². The van der Waals surface area contributed by atoms with Crippen molar-refractivity contribution >= 4 is 5.69 Å². The third kappa shape index (κ3) is 3.13. The largest absolute Gasteiger partial charge is 0.376 e. The van der Waals surface area contributed by atoms with Gasteiger partial charge in [0.05, 0.1) is 29.6 Å². The highest BCUT2D eigenvalue weighted by molar-refractivity contribution is 5.82. The molecule has 3 aromatic rings. The molecule has 3 rings (SSSR count). The smallest absolute Gasteiger partial charge is 0.114 e. The molecular formula is C20H18N6. The monoisotopic (exact) mass is 342 g/mol. The number of nitriles is 2. The van der Waals surface area contributed by atoms with Crippen LogP contribution < -0.4 is 4.90 Å². The van der Waals surface area contributed by atoms with Crippen molar-refractivity contribution in [1.82, 2.24) is 15.0 Å². The average Bonchev–Trinajstić information content (AvgIpc) is 3.08. The molecule has 2 aromatic carbocycles. The molecule has 0 atom stereocenters. The van der Waals surface area contributed by atoms with E-state index in [4.69, 9.17) is 0 Å². The molecule has 6 heteroatoms. The molecule has 1 heterocycles. The lowest BCUT2D eigenvalue weighted by atomic mass is 9.94. The van der Waals surface area contributed by atoms with Crippen molar-refractivity contribution in [2.24, 2.45) is 0 Å². The molecule has 0 aliphatic carbocycles. The topological polar surface area (TPSA) is 81.5 Å². The van der Waals surface area contributed by atoms with E-state index < -0.39 is 0 Å². The van der Waals surface area contributed by atoms with Gasteiger partial charge in [0.15, 0.2) is 0 Å². The molecule has 0 spiro atoms. The van der Waals surface area contributed by atoms with Crippen LogP contribution in [0.2, 0.25) is 0 Å². The molecule has 128 valence electrons. The average molecular weight is 342 g/mol. The summed E-state index contributed by atoms with van der Waals surface area (Å²) < 4.78 is 1.75. The highest BCUT2D eigenvalue weighted by Crippen LogP contribution is 2.35. The molecule has 0 aliphatic rings. The summed E-state index contributed by atoms with van der Waals surface area (Å²) in [7, 11) is 3.64. The molecule has 6 nitrogen and oxygen atoms in total. The Balaban J connectivity index is 2.09. The Bertz CT molecular complexity index is 1020. The maximum absolute atomic E-state index is 9.75. The molecule has 0 fully saturated rings. The standard InChI is InChI=1S/C20H18N6/c1-14-9-16(10-21)20(25(2)3)17(11-22)19(14)18-13-26(24-23-18)12-15-7-5-4-6-8-15/h4-9,13H,12H2,1-3H3. The number of anilines is 1. The minimum atomic E-state index is 0.443. The first-order chi connectivity index (χ1) is 12.5. The SMILES string of the molecule is Cc1cc(C#N)c(N(C)C)c(C#N)c1-c1cn(Cc2ccccc2)nn1. The number of aromatic nitrogens is 3. The van der Waals surface area contributed by atoms with Crippen LogP contribution in [-0.4, -0.2) is 29.1 Å². The minimum absolute atomic E-state index is 0.443. The number of hydrogen-bond acceptors (Lipinski definition) is 5. The van der Waals surface area contributed by atoms with Crippen molar-refractivity contribution in [3.63, 3.8) is 0 Å². The Morgan fingerprint density at radius 2 is 1.85 bits per heavy atom. The van der Waals surface area contributed by atoms with Crippen LogP contribution >= 0.6 is 0 Å². The normalized spacial score (nSPS) is 10.2. The molecule has 26 heavy (non-hydrogen) atoms. The highest BCUT2D eigenvalue weighted by Gasteiger charge is 2.21. The summed E-state index contributed by atoms with van der Waals surface area (Å²) in [5, 5.41) is 27.6. The summed E-state index contributed by atoms with van der Waals surface area (Å²) in [6, 6.07) is 16.2. The fourth-order valence-corrected chi connectivity index (χ4v) is 3.06. The number of aryl methyl sites for hydroxylation is 1. The summed E-state index contributed by atoms with van der Waals surface area (Å²) in [5.41, 5.74) is 4.82. The lowest BCUT2D eigenvalue weighted by Gasteiger charge is -2.19. The Labute approximate surface area is 152 Å².